The highest BCUT2D eigenvalue weighted by atomic mass is 32.2. The van der Waals surface area contributed by atoms with E-state index in [1.165, 1.54) is 4.90 Å². The molecule has 2 heterocycles. The number of rotatable bonds is 6. The summed E-state index contributed by atoms with van der Waals surface area (Å²) in [5.41, 5.74) is 2.15. The van der Waals surface area contributed by atoms with E-state index in [0.29, 0.717) is 22.7 Å². The third kappa shape index (κ3) is 4.79. The molecule has 7 nitrogen and oxygen atoms in total. The largest absolute Gasteiger partial charge is 0.452 e. The van der Waals surface area contributed by atoms with Crippen molar-refractivity contribution in [3.63, 3.8) is 0 Å². The Bertz CT molecular complexity index is 1220. The third-order valence-corrected chi connectivity index (χ3v) is 7.46. The number of esters is 1. The molecule has 0 bridgehead atoms. The Kier molecular flexibility index (Phi) is 6.53. The summed E-state index contributed by atoms with van der Waals surface area (Å²) < 4.78 is 6.33. The average molecular weight is 482 g/mol. The van der Waals surface area contributed by atoms with Crippen molar-refractivity contribution in [3.05, 3.63) is 70.7 Å². The highest BCUT2D eigenvalue weighted by Crippen LogP contribution is 2.36. The van der Waals surface area contributed by atoms with Crippen LogP contribution in [0.5, 0.6) is 0 Å². The molecular formula is C24H23N3O4S2. The van der Waals surface area contributed by atoms with Crippen LogP contribution < -0.4 is 10.2 Å². The molecule has 0 atom stereocenters. The monoisotopic (exact) mass is 481 g/mol. The summed E-state index contributed by atoms with van der Waals surface area (Å²) in [7, 11) is 0. The fraction of sp³-hybridized carbons (Fsp3) is 0.250. The number of hydrogen-bond acceptors (Lipinski definition) is 7. The standard InChI is InChI=1S/C24H23N3O4S2/c1-15-13-32-23(25-15)33-14-16-8-4-5-9-17(16)21(29)31-12-20(28)27-19-11-7-6-10-18(19)26-22(30)24(27,2)3/h4-11,13H,12,14H2,1-3H3,(H,26,30). The van der Waals surface area contributed by atoms with Crippen molar-refractivity contribution >= 4 is 52.3 Å². The summed E-state index contributed by atoms with van der Waals surface area (Å²) in [5, 5.41) is 4.80. The van der Waals surface area contributed by atoms with E-state index in [4.69, 9.17) is 4.74 Å². The normalized spacial score (nSPS) is 14.4. The lowest BCUT2D eigenvalue weighted by molar-refractivity contribution is -0.128. The van der Waals surface area contributed by atoms with Crippen LogP contribution in [0.2, 0.25) is 0 Å². The highest BCUT2D eigenvalue weighted by molar-refractivity contribution is 8.00. The molecule has 0 saturated heterocycles. The Balaban J connectivity index is 1.47. The van der Waals surface area contributed by atoms with Crippen LogP contribution in [-0.4, -0.2) is 34.9 Å². The molecule has 0 aliphatic carbocycles. The number of benzene rings is 2. The Labute approximate surface area is 200 Å². The van der Waals surface area contributed by atoms with Gasteiger partial charge in [0.05, 0.1) is 16.9 Å². The predicted molar refractivity (Wildman–Crippen MR) is 130 cm³/mol. The van der Waals surface area contributed by atoms with E-state index in [9.17, 15) is 14.4 Å². The second-order valence-corrected chi connectivity index (χ2v) is 10.1. The van der Waals surface area contributed by atoms with Crippen molar-refractivity contribution in [2.75, 3.05) is 16.8 Å². The van der Waals surface area contributed by atoms with Gasteiger partial charge >= 0.3 is 5.97 Å². The van der Waals surface area contributed by atoms with Crippen LogP contribution in [0, 0.1) is 6.92 Å². The van der Waals surface area contributed by atoms with Crippen LogP contribution in [0.1, 0.15) is 35.5 Å². The fourth-order valence-electron chi connectivity index (χ4n) is 3.55. The van der Waals surface area contributed by atoms with E-state index in [2.05, 4.69) is 10.3 Å². The van der Waals surface area contributed by atoms with Gasteiger partial charge in [-0.2, -0.15) is 0 Å². The van der Waals surface area contributed by atoms with Crippen molar-refractivity contribution in [1.29, 1.82) is 0 Å². The lowest BCUT2D eigenvalue weighted by atomic mass is 9.96. The molecule has 3 aromatic rings. The topological polar surface area (TPSA) is 88.6 Å². The molecule has 2 amide bonds. The van der Waals surface area contributed by atoms with E-state index in [-0.39, 0.29) is 5.91 Å². The van der Waals surface area contributed by atoms with Crippen molar-refractivity contribution in [2.45, 2.75) is 36.4 Å². The average Bonchev–Trinajstić information content (AvgIpc) is 3.22. The SMILES string of the molecule is Cc1csc(SCc2ccccc2C(=O)OCC(=O)N2c3ccccc3NC(=O)C2(C)C)n1. The number of nitrogens with zero attached hydrogens (tertiary/aromatic N) is 2. The minimum absolute atomic E-state index is 0.305. The Morgan fingerprint density at radius 2 is 1.88 bits per heavy atom. The van der Waals surface area contributed by atoms with E-state index in [1.807, 2.05) is 24.4 Å². The molecule has 1 aliphatic rings. The second kappa shape index (κ2) is 9.36. The van der Waals surface area contributed by atoms with Crippen LogP contribution >= 0.6 is 23.1 Å². The summed E-state index contributed by atoms with van der Waals surface area (Å²) >= 11 is 3.11. The maximum Gasteiger partial charge on any atom is 0.338 e. The molecule has 1 N–H and O–H groups in total. The van der Waals surface area contributed by atoms with Gasteiger partial charge in [-0.3, -0.25) is 14.5 Å². The summed E-state index contributed by atoms with van der Waals surface area (Å²) in [4.78, 5) is 44.3. The molecule has 0 fully saturated rings. The maximum absolute atomic E-state index is 13.1. The first kappa shape index (κ1) is 23.0. The lowest BCUT2D eigenvalue weighted by Crippen LogP contribution is -2.59. The molecule has 0 saturated carbocycles. The zero-order chi connectivity index (χ0) is 23.6. The van der Waals surface area contributed by atoms with Gasteiger partial charge < -0.3 is 10.1 Å². The van der Waals surface area contributed by atoms with Gasteiger partial charge in [0.15, 0.2) is 6.61 Å². The number of aromatic nitrogens is 1. The summed E-state index contributed by atoms with van der Waals surface area (Å²) in [6.07, 6.45) is 0. The van der Waals surface area contributed by atoms with Gasteiger partial charge in [0.25, 0.3) is 5.91 Å². The molecule has 1 aliphatic heterocycles. The summed E-state index contributed by atoms with van der Waals surface area (Å²) in [5.74, 6) is -0.803. The second-order valence-electron chi connectivity index (χ2n) is 8.04. The number of hydrogen-bond donors (Lipinski definition) is 1. The minimum atomic E-state index is -1.13. The molecule has 0 spiro atoms. The predicted octanol–water partition coefficient (Wildman–Crippen LogP) is 4.66. The Morgan fingerprint density at radius 3 is 2.64 bits per heavy atom. The number of carbonyl (C=O) groups is 3. The number of fused-ring (bicyclic) bond motifs is 1. The first-order valence-corrected chi connectivity index (χ1v) is 12.2. The van der Waals surface area contributed by atoms with Crippen molar-refractivity contribution in [2.24, 2.45) is 0 Å². The zero-order valence-corrected chi connectivity index (χ0v) is 20.1. The van der Waals surface area contributed by atoms with Crippen LogP contribution in [0.3, 0.4) is 0 Å². The molecular weight excluding hydrogens is 458 g/mol. The Morgan fingerprint density at radius 1 is 1.15 bits per heavy atom. The quantitative estimate of drug-likeness (QED) is 0.407. The molecule has 0 radical (unpaired) electrons. The van der Waals surface area contributed by atoms with Crippen LogP contribution in [-0.2, 0) is 20.1 Å². The number of amides is 2. The number of thiazole rings is 1. The van der Waals surface area contributed by atoms with Crippen LogP contribution in [0.15, 0.2) is 58.3 Å². The number of nitrogens with one attached hydrogen (secondary N) is 1. The molecule has 0 unspecified atom stereocenters. The molecule has 33 heavy (non-hydrogen) atoms. The van der Waals surface area contributed by atoms with Crippen molar-refractivity contribution in [3.8, 4) is 0 Å². The number of ether oxygens (including phenoxy) is 1. The Hall–Kier alpha value is -3.17. The lowest BCUT2D eigenvalue weighted by Gasteiger charge is -2.41. The number of anilines is 2. The third-order valence-electron chi connectivity index (χ3n) is 5.27. The van der Waals surface area contributed by atoms with Gasteiger partial charge in [-0.25, -0.2) is 9.78 Å². The maximum atomic E-state index is 13.1. The van der Waals surface area contributed by atoms with Crippen molar-refractivity contribution in [1.82, 2.24) is 4.98 Å². The first-order valence-electron chi connectivity index (χ1n) is 10.3. The van der Waals surface area contributed by atoms with Gasteiger partial charge in [-0.1, -0.05) is 42.1 Å². The molecule has 1 aromatic heterocycles. The first-order chi connectivity index (χ1) is 15.8. The number of thioether (sulfide) groups is 1. The number of aryl methyl sites for hydroxylation is 1. The molecule has 9 heteroatoms. The van der Waals surface area contributed by atoms with E-state index in [1.54, 1.807) is 73.3 Å². The van der Waals surface area contributed by atoms with Gasteiger partial charge in [0.1, 0.15) is 9.88 Å². The number of carbonyl (C=O) groups excluding carboxylic acids is 3. The summed E-state index contributed by atoms with van der Waals surface area (Å²) in [6.45, 7) is 4.78. The smallest absolute Gasteiger partial charge is 0.338 e. The van der Waals surface area contributed by atoms with Gasteiger partial charge in [-0.15, -0.1) is 11.3 Å². The number of para-hydroxylation sites is 2. The van der Waals surface area contributed by atoms with E-state index >= 15 is 0 Å². The summed E-state index contributed by atoms with van der Waals surface area (Å²) in [6, 6.07) is 14.2. The molecule has 2 aromatic carbocycles. The van der Waals surface area contributed by atoms with Crippen LogP contribution in [0.25, 0.3) is 0 Å². The van der Waals surface area contributed by atoms with Gasteiger partial charge in [-0.05, 0) is 44.5 Å². The zero-order valence-electron chi connectivity index (χ0n) is 18.5. The van der Waals surface area contributed by atoms with Gasteiger partial charge in [0, 0.05) is 16.8 Å². The highest BCUT2D eigenvalue weighted by Gasteiger charge is 2.43. The fourth-order valence-corrected chi connectivity index (χ4v) is 5.40. The van der Waals surface area contributed by atoms with E-state index in [0.717, 1.165) is 15.6 Å². The van der Waals surface area contributed by atoms with Gasteiger partial charge in [0.2, 0.25) is 5.91 Å². The van der Waals surface area contributed by atoms with Crippen LogP contribution in [0.4, 0.5) is 11.4 Å². The van der Waals surface area contributed by atoms with Crippen molar-refractivity contribution < 1.29 is 19.1 Å². The minimum Gasteiger partial charge on any atom is -0.452 e. The molecule has 170 valence electrons. The molecule has 4 rings (SSSR count). The van der Waals surface area contributed by atoms with E-state index < -0.39 is 24.0 Å².